The monoisotopic (exact) mass is 434 g/mol. The first-order valence-corrected chi connectivity index (χ1v) is 12.2. The molecule has 1 aliphatic heterocycles. The van der Waals surface area contributed by atoms with Gasteiger partial charge in [-0.1, -0.05) is 12.1 Å². The average Bonchev–Trinajstić information content (AvgIpc) is 3.51. The number of fused-ring (bicyclic) bond motifs is 1. The zero-order chi connectivity index (χ0) is 21.3. The quantitative estimate of drug-likeness (QED) is 0.795. The molecule has 1 aromatic carbocycles. The SMILES string of the molecule is C[C@H]1[C@H](O)CN1c1nc(-c2cccc(N=S(C)(=O)C3CC3)c2)c2c(n1)C(F)(F)CC2. The van der Waals surface area contributed by atoms with E-state index in [1.54, 1.807) is 29.4 Å². The van der Waals surface area contributed by atoms with Crippen molar-refractivity contribution in [2.45, 2.75) is 55.9 Å². The van der Waals surface area contributed by atoms with Gasteiger partial charge in [-0.15, -0.1) is 0 Å². The standard InChI is InChI=1S/C21H24F2N4O2S/c1-12-17(28)11-27(12)20-24-18(16-8-9-21(22,23)19(16)25-20)13-4-3-5-14(10-13)26-30(2,29)15-6-7-15/h3-5,10,12,15,17,28H,6-9,11H2,1-2H3/t12-,17+,30?/m0/s1. The van der Waals surface area contributed by atoms with Crippen molar-refractivity contribution in [3.63, 3.8) is 0 Å². The highest BCUT2D eigenvalue weighted by Crippen LogP contribution is 2.45. The van der Waals surface area contributed by atoms with Crippen LogP contribution >= 0.6 is 0 Å². The Bertz CT molecular complexity index is 1140. The molecule has 3 aliphatic rings. The summed E-state index contributed by atoms with van der Waals surface area (Å²) in [5.74, 6) is -2.79. The number of halogens is 2. The van der Waals surface area contributed by atoms with Gasteiger partial charge in [0.05, 0.1) is 33.3 Å². The highest BCUT2D eigenvalue weighted by atomic mass is 32.2. The molecule has 1 unspecified atom stereocenters. The molecule has 1 N–H and O–H groups in total. The van der Waals surface area contributed by atoms with Gasteiger partial charge in [0.1, 0.15) is 5.69 Å². The van der Waals surface area contributed by atoms with Gasteiger partial charge in [-0.25, -0.2) is 14.2 Å². The number of hydrogen-bond acceptors (Lipinski definition) is 6. The molecule has 5 rings (SSSR count). The van der Waals surface area contributed by atoms with E-state index in [2.05, 4.69) is 14.3 Å². The van der Waals surface area contributed by atoms with Crippen LogP contribution in [0.4, 0.5) is 20.4 Å². The van der Waals surface area contributed by atoms with Crippen molar-refractivity contribution in [1.29, 1.82) is 0 Å². The third-order valence-electron chi connectivity index (χ3n) is 6.27. The number of rotatable bonds is 4. The number of nitrogens with zero attached hydrogens (tertiary/aromatic N) is 4. The zero-order valence-corrected chi connectivity index (χ0v) is 17.7. The van der Waals surface area contributed by atoms with E-state index in [0.29, 0.717) is 29.1 Å². The van der Waals surface area contributed by atoms with Gasteiger partial charge >= 0.3 is 0 Å². The van der Waals surface area contributed by atoms with Crippen molar-refractivity contribution in [1.82, 2.24) is 9.97 Å². The minimum Gasteiger partial charge on any atom is -0.389 e. The molecule has 6 nitrogen and oxygen atoms in total. The highest BCUT2D eigenvalue weighted by molar-refractivity contribution is 7.93. The van der Waals surface area contributed by atoms with Gasteiger partial charge < -0.3 is 10.0 Å². The Labute approximate surface area is 174 Å². The zero-order valence-electron chi connectivity index (χ0n) is 16.9. The van der Waals surface area contributed by atoms with Gasteiger partial charge in [0.25, 0.3) is 5.92 Å². The minimum absolute atomic E-state index is 0.133. The smallest absolute Gasteiger partial charge is 0.290 e. The second-order valence-electron chi connectivity index (χ2n) is 8.57. The number of aliphatic hydroxyl groups excluding tert-OH is 1. The maximum Gasteiger partial charge on any atom is 0.290 e. The summed E-state index contributed by atoms with van der Waals surface area (Å²) in [5.41, 5.74) is 1.92. The topological polar surface area (TPSA) is 78.7 Å². The van der Waals surface area contributed by atoms with Gasteiger partial charge in [-0.3, -0.25) is 0 Å². The van der Waals surface area contributed by atoms with Crippen molar-refractivity contribution in [3.8, 4) is 11.3 Å². The number of aliphatic hydroxyl groups is 1. The number of alkyl halides is 2. The van der Waals surface area contributed by atoms with Crippen molar-refractivity contribution < 1.29 is 18.1 Å². The van der Waals surface area contributed by atoms with E-state index in [1.807, 2.05) is 13.0 Å². The van der Waals surface area contributed by atoms with E-state index in [4.69, 9.17) is 0 Å². The van der Waals surface area contributed by atoms with Crippen LogP contribution in [0.5, 0.6) is 0 Å². The van der Waals surface area contributed by atoms with Crippen molar-refractivity contribution in [2.75, 3.05) is 17.7 Å². The molecule has 0 amide bonds. The van der Waals surface area contributed by atoms with Gasteiger partial charge in [0, 0.05) is 35.6 Å². The van der Waals surface area contributed by atoms with Crippen LogP contribution in [0.3, 0.4) is 0 Å². The molecule has 3 atom stereocenters. The van der Waals surface area contributed by atoms with Crippen LogP contribution in [0.15, 0.2) is 28.6 Å². The van der Waals surface area contributed by atoms with Gasteiger partial charge in [0.15, 0.2) is 0 Å². The third-order valence-corrected chi connectivity index (χ3v) is 8.55. The molecule has 2 aliphatic carbocycles. The Morgan fingerprint density at radius 3 is 2.73 bits per heavy atom. The molecule has 30 heavy (non-hydrogen) atoms. The second kappa shape index (κ2) is 6.68. The summed E-state index contributed by atoms with van der Waals surface area (Å²) in [6.07, 6.45) is 2.92. The highest BCUT2D eigenvalue weighted by Gasteiger charge is 2.45. The summed E-state index contributed by atoms with van der Waals surface area (Å²) < 4.78 is 46.3. The van der Waals surface area contributed by atoms with Crippen molar-refractivity contribution >= 4 is 21.4 Å². The molecular formula is C21H24F2N4O2S. The third kappa shape index (κ3) is 3.28. The van der Waals surface area contributed by atoms with Crippen LogP contribution in [-0.2, 0) is 22.1 Å². The van der Waals surface area contributed by atoms with Crippen LogP contribution in [0.2, 0.25) is 0 Å². The molecule has 2 aromatic rings. The van der Waals surface area contributed by atoms with E-state index in [-0.39, 0.29) is 35.8 Å². The summed E-state index contributed by atoms with van der Waals surface area (Å²) in [5, 5.41) is 9.97. The number of aromatic nitrogens is 2. The molecule has 0 spiro atoms. The lowest BCUT2D eigenvalue weighted by atomic mass is 10.0. The lowest BCUT2D eigenvalue weighted by Gasteiger charge is -2.43. The van der Waals surface area contributed by atoms with E-state index >= 15 is 0 Å². The Hall–Kier alpha value is -2.13. The number of anilines is 1. The summed E-state index contributed by atoms with van der Waals surface area (Å²) in [6.45, 7) is 2.14. The molecule has 0 radical (unpaired) electrons. The Balaban J connectivity index is 1.62. The summed E-state index contributed by atoms with van der Waals surface area (Å²) in [6, 6.07) is 6.91. The number of hydrogen-bond donors (Lipinski definition) is 1. The number of benzene rings is 1. The Kier molecular flexibility index (Phi) is 4.41. The number of β-amino-alcohol motifs (C(OH)–C–C–N with tert-alkyl or cyclic N) is 1. The fourth-order valence-corrected chi connectivity index (χ4v) is 5.82. The molecule has 1 saturated carbocycles. The summed E-state index contributed by atoms with van der Waals surface area (Å²) in [7, 11) is -2.31. The largest absolute Gasteiger partial charge is 0.389 e. The van der Waals surface area contributed by atoms with Gasteiger partial charge in [-0.2, -0.15) is 13.1 Å². The predicted octanol–water partition coefficient (Wildman–Crippen LogP) is 3.64. The van der Waals surface area contributed by atoms with Crippen molar-refractivity contribution in [2.24, 2.45) is 4.36 Å². The van der Waals surface area contributed by atoms with E-state index < -0.39 is 21.8 Å². The maximum absolute atomic E-state index is 14.6. The second-order valence-corrected chi connectivity index (χ2v) is 11.1. The molecule has 1 aromatic heterocycles. The first-order valence-electron chi connectivity index (χ1n) is 10.2. The van der Waals surface area contributed by atoms with E-state index in [0.717, 1.165) is 12.8 Å². The lowest BCUT2D eigenvalue weighted by molar-refractivity contribution is -0.00603. The Morgan fingerprint density at radius 2 is 2.07 bits per heavy atom. The molecular weight excluding hydrogens is 410 g/mol. The van der Waals surface area contributed by atoms with E-state index in [9.17, 15) is 18.1 Å². The summed E-state index contributed by atoms with van der Waals surface area (Å²) in [4.78, 5) is 10.6. The fourth-order valence-electron chi connectivity index (χ4n) is 4.13. The molecule has 160 valence electrons. The van der Waals surface area contributed by atoms with Crippen LogP contribution in [0.25, 0.3) is 11.3 Å². The lowest BCUT2D eigenvalue weighted by Crippen LogP contribution is -2.59. The molecule has 2 heterocycles. The first-order chi connectivity index (χ1) is 14.2. The average molecular weight is 435 g/mol. The molecule has 0 bridgehead atoms. The minimum atomic E-state index is -3.00. The summed E-state index contributed by atoms with van der Waals surface area (Å²) >= 11 is 0. The van der Waals surface area contributed by atoms with Crippen LogP contribution < -0.4 is 4.90 Å². The van der Waals surface area contributed by atoms with Crippen LogP contribution in [-0.4, -0.2) is 49.5 Å². The van der Waals surface area contributed by atoms with Crippen LogP contribution in [0, 0.1) is 0 Å². The van der Waals surface area contributed by atoms with Gasteiger partial charge in [0.2, 0.25) is 5.95 Å². The molecule has 2 fully saturated rings. The van der Waals surface area contributed by atoms with Crippen LogP contribution in [0.1, 0.15) is 37.4 Å². The molecule has 1 saturated heterocycles. The first kappa shape index (κ1) is 19.8. The molecule has 9 heteroatoms. The van der Waals surface area contributed by atoms with Gasteiger partial charge in [-0.05, 0) is 38.3 Å². The maximum atomic E-state index is 14.6. The fraction of sp³-hybridized carbons (Fsp3) is 0.524. The Morgan fingerprint density at radius 1 is 1.30 bits per heavy atom. The normalized spacial score (nSPS) is 26.6. The predicted molar refractivity (Wildman–Crippen MR) is 112 cm³/mol. The van der Waals surface area contributed by atoms with E-state index in [1.165, 1.54) is 0 Å². The van der Waals surface area contributed by atoms with Crippen molar-refractivity contribution in [3.05, 3.63) is 35.5 Å².